The number of hydrogen-bond donors (Lipinski definition) is 21. The molecular formula is C67H95N19O16S2. The van der Waals surface area contributed by atoms with Crippen molar-refractivity contribution in [1.82, 2.24) is 57.3 Å². The molecule has 35 nitrogen and oxygen atoms in total. The molecule has 1 aromatic heterocycles. The van der Waals surface area contributed by atoms with Gasteiger partial charge in [0, 0.05) is 67.6 Å². The van der Waals surface area contributed by atoms with Crippen molar-refractivity contribution in [2.45, 2.75) is 163 Å². The Morgan fingerprint density at radius 2 is 0.933 bits per heavy atom. The molecule has 0 bridgehead atoms. The largest absolute Gasteiger partial charge is 0.508 e. The number of H-pyrrole nitrogens is 1. The number of fused-ring (bicyclic) bond motifs is 1. The van der Waals surface area contributed by atoms with Crippen molar-refractivity contribution in [3.63, 3.8) is 0 Å². The minimum atomic E-state index is -1.83. The summed E-state index contributed by atoms with van der Waals surface area (Å²) < 4.78 is 0. The van der Waals surface area contributed by atoms with Crippen LogP contribution >= 0.6 is 25.3 Å². The topological polar surface area (TPSA) is 585 Å². The number of aromatic hydroxyl groups is 2. The number of carboxylic acids is 2. The number of carbonyl (C=O) groups is 12. The number of benzene rings is 3. The number of aliphatic carboxylic acids is 2. The molecule has 0 unspecified atom stereocenters. The third-order valence-electron chi connectivity index (χ3n) is 17.5. The number of carboxylic acid groups (broad SMARTS) is 2. The van der Waals surface area contributed by atoms with Crippen molar-refractivity contribution >= 4 is 119 Å². The summed E-state index contributed by atoms with van der Waals surface area (Å²) in [5.74, 6) is -12.7. The van der Waals surface area contributed by atoms with Crippen LogP contribution in [0.3, 0.4) is 0 Å². The van der Waals surface area contributed by atoms with Crippen molar-refractivity contribution in [1.29, 1.82) is 0 Å². The van der Waals surface area contributed by atoms with E-state index in [1.807, 2.05) is 12.1 Å². The van der Waals surface area contributed by atoms with Crippen molar-refractivity contribution in [3.8, 4) is 11.5 Å². The number of aromatic nitrogens is 1. The molecule has 4 aromatic rings. The van der Waals surface area contributed by atoms with Crippen molar-refractivity contribution in [3.05, 3.63) is 95.7 Å². The molecule has 3 heterocycles. The smallest absolute Gasteiger partial charge is 0.326 e. The van der Waals surface area contributed by atoms with Crippen LogP contribution in [-0.4, -0.2) is 229 Å². The molecule has 25 N–H and O–H groups in total. The summed E-state index contributed by atoms with van der Waals surface area (Å²) in [7, 11) is 0. The SMILES string of the molecule is NCCCC[C@H](NC(=O)[C@H](CS)NC(=O)[C@H](Cc1ccc(O)cc1)NC(=O)[C@@H]1CCCN1C(=O)[C@H](CCCN=C(N)N)NC(=O)[C@H](Cc1c[nH]c2ccccc12)NC(=O)[C@H](CCCN=C(N)N)NC(=O)[C@@H](N)Cc1ccc(O)cc1)C(=O)N1CCC[C@H]1C(=O)N[C@@H](CS)C(=O)N[C@@H](CC(=O)O)C(=O)O. The molecule has 11 atom stereocenters. The first-order chi connectivity index (χ1) is 49.6. The van der Waals surface area contributed by atoms with Crippen LogP contribution in [0.2, 0.25) is 0 Å². The lowest BCUT2D eigenvalue weighted by molar-refractivity contribution is -0.147. The van der Waals surface area contributed by atoms with Crippen molar-refractivity contribution in [2.75, 3.05) is 44.2 Å². The number of nitrogens with one attached hydrogen (secondary N) is 9. The van der Waals surface area contributed by atoms with E-state index in [0.717, 1.165) is 0 Å². The summed E-state index contributed by atoms with van der Waals surface area (Å²) in [6.07, 6.45) is 1.98. The number of aromatic amines is 1. The van der Waals surface area contributed by atoms with Crippen LogP contribution in [0.4, 0.5) is 0 Å². The lowest BCUT2D eigenvalue weighted by Gasteiger charge is -2.31. The van der Waals surface area contributed by atoms with Crippen LogP contribution in [0.25, 0.3) is 10.9 Å². The molecule has 566 valence electrons. The van der Waals surface area contributed by atoms with Gasteiger partial charge in [-0.05, 0) is 131 Å². The lowest BCUT2D eigenvalue weighted by atomic mass is 10.0. The molecule has 0 spiro atoms. The summed E-state index contributed by atoms with van der Waals surface area (Å²) in [4.78, 5) is 181. The number of para-hydroxylation sites is 1. The Morgan fingerprint density at radius 1 is 0.510 bits per heavy atom. The van der Waals surface area contributed by atoms with Crippen LogP contribution in [0.15, 0.2) is 89.0 Å². The van der Waals surface area contributed by atoms with Crippen LogP contribution in [-0.2, 0) is 76.8 Å². The number of hydrogen-bond acceptors (Lipinski definition) is 20. The fourth-order valence-corrected chi connectivity index (χ4v) is 12.5. The van der Waals surface area contributed by atoms with Gasteiger partial charge in [0.15, 0.2) is 11.9 Å². The van der Waals surface area contributed by atoms with E-state index in [1.165, 1.54) is 46.2 Å². The fourth-order valence-electron chi connectivity index (χ4n) is 12.0. The zero-order valence-electron chi connectivity index (χ0n) is 57.2. The van der Waals surface area contributed by atoms with Crippen LogP contribution in [0.5, 0.6) is 11.5 Å². The highest BCUT2D eigenvalue weighted by molar-refractivity contribution is 7.80. The first kappa shape index (κ1) is 82.6. The number of phenolic OH excluding ortho intramolecular Hbond substituents is 2. The Balaban J connectivity index is 1.23. The van der Waals surface area contributed by atoms with Crippen LogP contribution < -0.4 is 76.9 Å². The molecule has 3 aromatic carbocycles. The maximum atomic E-state index is 15.2. The van der Waals surface area contributed by atoms with E-state index in [9.17, 15) is 63.3 Å². The van der Waals surface area contributed by atoms with E-state index in [4.69, 9.17) is 39.5 Å². The molecule has 2 aliphatic heterocycles. The molecule has 0 radical (unpaired) electrons. The molecule has 6 rings (SSSR count). The first-order valence-corrected chi connectivity index (χ1v) is 35.3. The van der Waals surface area contributed by atoms with Gasteiger partial charge in [-0.2, -0.15) is 25.3 Å². The standard InChI is InChI=1S/C67H95N19O16S2/c68-24-4-3-11-45(63(99)86-28-8-15-53(86)62(98)84-51(35-104)60(96)82-49(65(101)102)32-54(89)90)79-59(95)50(34-103)83-57(93)47(30-37-18-22-40(88)23-19-37)81-61(97)52-14-7-27-85(52)64(100)46(13-6-26-75-67(72)73)78-58(94)48(31-38-33-76-43-10-2-1-9-41(38)43)80-56(92)44(12-5-25-74-66(70)71)77-55(91)42(69)29-36-16-20-39(87)21-17-36/h1-2,9-10,16-23,33,42,44-53,76,87-88,103-104H,3-8,11-15,24-32,34-35,68-69H2,(H,77,91)(H,78,94)(H,79,95)(H,80,92)(H,81,97)(H,82,96)(H,83,93)(H,84,98)(H,89,90)(H,101,102)(H4,70,71,74)(H4,72,73,75)/t42-,44-,45-,46-,47-,48-,49-,50-,51-,52-,53-/m0/s1. The Kier molecular flexibility index (Phi) is 32.6. The number of guanidine groups is 2. The molecule has 37 heteroatoms. The molecule has 104 heavy (non-hydrogen) atoms. The van der Waals surface area contributed by atoms with E-state index in [1.54, 1.807) is 30.5 Å². The second-order valence-electron chi connectivity index (χ2n) is 25.3. The van der Waals surface area contributed by atoms with Gasteiger partial charge in [-0.25, -0.2) is 4.79 Å². The maximum absolute atomic E-state index is 15.2. The quantitative estimate of drug-likeness (QED) is 0.00885. The summed E-state index contributed by atoms with van der Waals surface area (Å²) in [6.45, 7) is 0.305. The maximum Gasteiger partial charge on any atom is 0.326 e. The second-order valence-corrected chi connectivity index (χ2v) is 26.0. The minimum Gasteiger partial charge on any atom is -0.508 e. The predicted octanol–water partition coefficient (Wildman–Crippen LogP) is -3.55. The zero-order valence-corrected chi connectivity index (χ0v) is 59.0. The highest BCUT2D eigenvalue weighted by Gasteiger charge is 2.43. The summed E-state index contributed by atoms with van der Waals surface area (Å²) >= 11 is 8.51. The van der Waals surface area contributed by atoms with E-state index >= 15 is 9.59 Å². The summed E-state index contributed by atoms with van der Waals surface area (Å²) in [5, 5.41) is 60.3. The average Bonchev–Trinajstić information content (AvgIpc) is 1.62. The average molecular weight is 1490 g/mol. The van der Waals surface area contributed by atoms with E-state index < -0.39 is 144 Å². The van der Waals surface area contributed by atoms with Crippen molar-refractivity contribution < 1.29 is 78.0 Å². The third-order valence-corrected chi connectivity index (χ3v) is 18.2. The molecule has 10 amide bonds. The lowest BCUT2D eigenvalue weighted by Crippen LogP contribution is -2.61. The zero-order chi connectivity index (χ0) is 76.2. The van der Waals surface area contributed by atoms with E-state index in [-0.39, 0.29) is 138 Å². The van der Waals surface area contributed by atoms with Gasteiger partial charge in [0.25, 0.3) is 0 Å². The van der Waals surface area contributed by atoms with E-state index in [2.05, 4.69) is 82.8 Å². The summed E-state index contributed by atoms with van der Waals surface area (Å²) in [5.41, 5.74) is 37.0. The van der Waals surface area contributed by atoms with E-state index in [0.29, 0.717) is 46.9 Å². The second kappa shape index (κ2) is 41.0. The Hall–Kier alpha value is -10.4. The van der Waals surface area contributed by atoms with Gasteiger partial charge in [-0.15, -0.1) is 0 Å². The number of amides is 10. The van der Waals surface area contributed by atoms with Crippen molar-refractivity contribution in [2.24, 2.45) is 44.4 Å². The van der Waals surface area contributed by atoms with Gasteiger partial charge in [0.1, 0.15) is 71.9 Å². The number of phenols is 2. The molecular weight excluding hydrogens is 1390 g/mol. The minimum absolute atomic E-state index is 0.000491. The number of carbonyl (C=O) groups excluding carboxylic acids is 10. The molecule has 2 aliphatic rings. The Morgan fingerprint density at radius 3 is 1.43 bits per heavy atom. The predicted molar refractivity (Wildman–Crippen MR) is 389 cm³/mol. The number of thiol groups is 2. The number of nitrogens with two attached hydrogens (primary N) is 6. The van der Waals surface area contributed by atoms with Gasteiger partial charge < -0.3 is 112 Å². The monoisotopic (exact) mass is 1490 g/mol. The number of likely N-dealkylation sites (tertiary alicyclic amines) is 2. The van der Waals surface area contributed by atoms with Crippen LogP contribution in [0, 0.1) is 0 Å². The Labute approximate surface area is 610 Å². The normalized spacial score (nSPS) is 16.7. The Bertz CT molecular complexity index is 3710. The highest BCUT2D eigenvalue weighted by atomic mass is 32.1. The fraction of sp³-hybridized carbons (Fsp3) is 0.493. The van der Waals surface area contributed by atoms with Gasteiger partial charge in [-0.3, -0.25) is 62.7 Å². The molecule has 0 aliphatic carbocycles. The van der Waals surface area contributed by atoms with Gasteiger partial charge in [0.05, 0.1) is 12.5 Å². The summed E-state index contributed by atoms with van der Waals surface area (Å²) in [6, 6.07) is 3.54. The third kappa shape index (κ3) is 25.2. The van der Waals surface area contributed by atoms with Gasteiger partial charge >= 0.3 is 11.9 Å². The number of unbranched alkanes of at least 4 members (excludes halogenated alkanes) is 1. The molecule has 2 saturated heterocycles. The molecule has 0 saturated carbocycles. The molecule has 2 fully saturated rings. The number of aliphatic imine (C=N–C) groups is 2. The number of rotatable bonds is 41. The number of nitrogens with zero attached hydrogens (tertiary/aromatic N) is 4. The van der Waals surface area contributed by atoms with Gasteiger partial charge in [-0.1, -0.05) is 42.5 Å². The highest BCUT2D eigenvalue weighted by Crippen LogP contribution is 2.25. The van der Waals surface area contributed by atoms with Gasteiger partial charge in [0.2, 0.25) is 59.1 Å². The first-order valence-electron chi connectivity index (χ1n) is 34.0. The van der Waals surface area contributed by atoms with Crippen LogP contribution in [0.1, 0.15) is 93.7 Å².